The maximum absolute atomic E-state index is 11.6. The van der Waals surface area contributed by atoms with Crippen molar-refractivity contribution in [1.82, 2.24) is 0 Å². The first-order valence-corrected chi connectivity index (χ1v) is 14.6. The third-order valence-electron chi connectivity index (χ3n) is 4.33. The van der Waals surface area contributed by atoms with Crippen molar-refractivity contribution in [3.63, 3.8) is 0 Å². The van der Waals surface area contributed by atoms with Gasteiger partial charge in [-0.05, 0) is 24.3 Å². The fourth-order valence-corrected chi connectivity index (χ4v) is 4.32. The molecule has 0 aliphatic carbocycles. The largest absolute Gasteiger partial charge is 0.487 e. The van der Waals surface area contributed by atoms with Crippen LogP contribution in [0.2, 0.25) is 0 Å². The summed E-state index contributed by atoms with van der Waals surface area (Å²) in [5, 5.41) is 0. The monoisotopic (exact) mass is 556 g/mol. The molecule has 1 aliphatic rings. The minimum absolute atomic E-state index is 0.106. The molecule has 0 bridgehead atoms. The molecule has 0 atom stereocenters. The highest BCUT2D eigenvalue weighted by molar-refractivity contribution is 8.14. The van der Waals surface area contributed by atoms with Gasteiger partial charge in [0.2, 0.25) is 0 Å². The first-order valence-electron chi connectivity index (χ1n) is 9.99. The van der Waals surface area contributed by atoms with Gasteiger partial charge in [0.1, 0.15) is 26.4 Å². The Morgan fingerprint density at radius 2 is 0.824 bits per heavy atom. The van der Waals surface area contributed by atoms with Gasteiger partial charge in [-0.15, -0.1) is 0 Å². The number of hydrogen-bond donors (Lipinski definition) is 0. The van der Waals surface area contributed by atoms with Crippen LogP contribution in [0, 0.1) is 0 Å². The third-order valence-corrected chi connectivity index (χ3v) is 7.04. The molecular formula is C20H22Cl2O10S2. The standard InChI is InChI=1S/C20H22Cl2O10S2/c21-33(23,24)15-1-3-17-19(13-15)31-11-7-28-6-10-30-18-4-2-16(34(22,25)26)14-20(18)32-12-8-27-5-9-29-17/h1-4,13-14H,5-12H2. The van der Waals surface area contributed by atoms with E-state index >= 15 is 0 Å². The molecule has 0 aromatic heterocycles. The van der Waals surface area contributed by atoms with Crippen molar-refractivity contribution < 1.29 is 45.3 Å². The summed E-state index contributed by atoms with van der Waals surface area (Å²) in [6.07, 6.45) is 0. The van der Waals surface area contributed by atoms with E-state index in [1.54, 1.807) is 0 Å². The van der Waals surface area contributed by atoms with E-state index in [1.165, 1.54) is 36.4 Å². The number of ether oxygens (including phenoxy) is 6. The minimum atomic E-state index is -3.94. The second kappa shape index (κ2) is 12.1. The minimum Gasteiger partial charge on any atom is -0.487 e. The predicted octanol–water partition coefficient (Wildman–Crippen LogP) is 2.80. The summed E-state index contributed by atoms with van der Waals surface area (Å²) < 4.78 is 80.0. The van der Waals surface area contributed by atoms with Crippen LogP contribution in [0.15, 0.2) is 46.2 Å². The molecule has 14 heteroatoms. The van der Waals surface area contributed by atoms with Crippen LogP contribution in [-0.2, 0) is 27.6 Å². The quantitative estimate of drug-likeness (QED) is 0.510. The zero-order valence-corrected chi connectivity index (χ0v) is 20.9. The van der Waals surface area contributed by atoms with Crippen molar-refractivity contribution in [1.29, 1.82) is 0 Å². The van der Waals surface area contributed by atoms with Crippen LogP contribution in [0.1, 0.15) is 0 Å². The molecule has 188 valence electrons. The van der Waals surface area contributed by atoms with Crippen LogP contribution in [0.25, 0.3) is 0 Å². The van der Waals surface area contributed by atoms with E-state index in [9.17, 15) is 16.8 Å². The highest BCUT2D eigenvalue weighted by Gasteiger charge is 2.17. The van der Waals surface area contributed by atoms with Crippen molar-refractivity contribution in [3.8, 4) is 23.0 Å². The summed E-state index contributed by atoms with van der Waals surface area (Å²) in [7, 11) is 2.96. The lowest BCUT2D eigenvalue weighted by Crippen LogP contribution is -2.15. The van der Waals surface area contributed by atoms with E-state index in [0.29, 0.717) is 11.5 Å². The van der Waals surface area contributed by atoms with Crippen molar-refractivity contribution >= 4 is 39.5 Å². The van der Waals surface area contributed by atoms with Gasteiger partial charge in [0.25, 0.3) is 18.1 Å². The molecule has 2 aromatic rings. The van der Waals surface area contributed by atoms with Crippen molar-refractivity contribution in [2.45, 2.75) is 9.79 Å². The maximum atomic E-state index is 11.6. The van der Waals surface area contributed by atoms with Crippen LogP contribution in [0.3, 0.4) is 0 Å². The summed E-state index contributed by atoms with van der Waals surface area (Å²) in [6, 6.07) is 8.07. The van der Waals surface area contributed by atoms with E-state index in [-0.39, 0.29) is 74.1 Å². The van der Waals surface area contributed by atoms with E-state index in [1.807, 2.05) is 0 Å². The second-order valence-electron chi connectivity index (χ2n) is 6.71. The first-order chi connectivity index (χ1) is 16.1. The molecule has 10 nitrogen and oxygen atoms in total. The lowest BCUT2D eigenvalue weighted by Gasteiger charge is -2.16. The molecule has 2 aromatic carbocycles. The van der Waals surface area contributed by atoms with E-state index < -0.39 is 18.1 Å². The Balaban J connectivity index is 1.68. The summed E-state index contributed by atoms with van der Waals surface area (Å²) in [4.78, 5) is -0.240. The van der Waals surface area contributed by atoms with E-state index in [2.05, 4.69) is 0 Å². The van der Waals surface area contributed by atoms with Crippen LogP contribution < -0.4 is 18.9 Å². The van der Waals surface area contributed by atoms with Gasteiger partial charge in [0, 0.05) is 33.5 Å². The zero-order valence-electron chi connectivity index (χ0n) is 17.8. The van der Waals surface area contributed by atoms with Crippen LogP contribution >= 0.6 is 21.4 Å². The van der Waals surface area contributed by atoms with Gasteiger partial charge in [0.05, 0.1) is 36.2 Å². The number of hydrogen-bond acceptors (Lipinski definition) is 10. The Kier molecular flexibility index (Phi) is 9.51. The Labute approximate surface area is 206 Å². The highest BCUT2D eigenvalue weighted by atomic mass is 35.7. The van der Waals surface area contributed by atoms with Gasteiger partial charge in [-0.1, -0.05) is 0 Å². The van der Waals surface area contributed by atoms with Crippen molar-refractivity contribution in [2.24, 2.45) is 0 Å². The van der Waals surface area contributed by atoms with Crippen LogP contribution in [-0.4, -0.2) is 69.7 Å². The average Bonchev–Trinajstić information content (AvgIpc) is 2.77. The van der Waals surface area contributed by atoms with E-state index in [4.69, 9.17) is 49.8 Å². The first kappa shape index (κ1) is 26.6. The lowest BCUT2D eigenvalue weighted by molar-refractivity contribution is 0.0639. The maximum Gasteiger partial charge on any atom is 0.261 e. The van der Waals surface area contributed by atoms with Gasteiger partial charge in [-0.3, -0.25) is 0 Å². The Bertz CT molecular complexity index is 1090. The molecule has 1 heterocycles. The van der Waals surface area contributed by atoms with Gasteiger partial charge >= 0.3 is 0 Å². The lowest BCUT2D eigenvalue weighted by atomic mass is 10.3. The SMILES string of the molecule is O=S(=O)(Cl)c1ccc2c(c1)OCCOCCOc1ccc(S(=O)(=O)Cl)cc1OCCOCCO2. The topological polar surface area (TPSA) is 124 Å². The van der Waals surface area contributed by atoms with Gasteiger partial charge in [-0.25, -0.2) is 16.8 Å². The highest BCUT2D eigenvalue weighted by Crippen LogP contribution is 2.32. The normalized spacial score (nSPS) is 16.8. The molecule has 0 amide bonds. The van der Waals surface area contributed by atoms with Gasteiger partial charge in [-0.2, -0.15) is 0 Å². The zero-order chi connectivity index (χ0) is 24.6. The number of fused-ring (bicyclic) bond motifs is 2. The molecule has 34 heavy (non-hydrogen) atoms. The molecule has 0 radical (unpaired) electrons. The molecule has 0 unspecified atom stereocenters. The Morgan fingerprint density at radius 3 is 1.15 bits per heavy atom. The van der Waals surface area contributed by atoms with Crippen LogP contribution in [0.5, 0.6) is 23.0 Å². The molecule has 3 rings (SSSR count). The fraction of sp³-hybridized carbons (Fsp3) is 0.400. The summed E-state index contributed by atoms with van der Waals surface area (Å²) >= 11 is 0. The fourth-order valence-electron chi connectivity index (χ4n) is 2.79. The molecule has 0 fully saturated rings. The molecule has 1 aliphatic heterocycles. The number of rotatable bonds is 2. The molecule has 0 spiro atoms. The molecule has 0 N–H and O–H groups in total. The molecule has 0 saturated heterocycles. The molecule has 0 saturated carbocycles. The Hall–Kier alpha value is -1.96. The average molecular weight is 557 g/mol. The van der Waals surface area contributed by atoms with Gasteiger partial charge in [0.15, 0.2) is 23.0 Å². The van der Waals surface area contributed by atoms with E-state index in [0.717, 1.165) is 0 Å². The molecular weight excluding hydrogens is 535 g/mol. The Morgan fingerprint density at radius 1 is 0.500 bits per heavy atom. The number of benzene rings is 2. The van der Waals surface area contributed by atoms with Crippen molar-refractivity contribution in [2.75, 3.05) is 52.9 Å². The van der Waals surface area contributed by atoms with Crippen molar-refractivity contribution in [3.05, 3.63) is 36.4 Å². The predicted molar refractivity (Wildman–Crippen MR) is 123 cm³/mol. The third kappa shape index (κ3) is 8.07. The summed E-state index contributed by atoms with van der Waals surface area (Å²) in [6.45, 7) is 1.25. The van der Waals surface area contributed by atoms with Crippen LogP contribution in [0.4, 0.5) is 0 Å². The second-order valence-corrected chi connectivity index (χ2v) is 11.8. The van der Waals surface area contributed by atoms with Gasteiger partial charge < -0.3 is 28.4 Å². The summed E-state index contributed by atoms with van der Waals surface area (Å²) in [5.41, 5.74) is 0. The number of halogens is 2. The smallest absolute Gasteiger partial charge is 0.261 e. The summed E-state index contributed by atoms with van der Waals surface area (Å²) in [5.74, 6) is 1.03.